The van der Waals surface area contributed by atoms with E-state index in [0.717, 1.165) is 45.1 Å². The maximum absolute atomic E-state index is 12.3. The van der Waals surface area contributed by atoms with Crippen LogP contribution in [0.2, 0.25) is 0 Å². The molecule has 102 valence electrons. The van der Waals surface area contributed by atoms with Crippen molar-refractivity contribution in [1.82, 2.24) is 15.2 Å². The second-order valence-electron chi connectivity index (χ2n) is 5.14. The maximum atomic E-state index is 12.3. The van der Waals surface area contributed by atoms with Crippen LogP contribution in [0, 0.1) is 0 Å². The Bertz CT molecular complexity index is 433. The Morgan fingerprint density at radius 2 is 1.84 bits per heavy atom. The van der Waals surface area contributed by atoms with Gasteiger partial charge in [0.15, 0.2) is 0 Å². The van der Waals surface area contributed by atoms with Gasteiger partial charge in [-0.25, -0.2) is 4.98 Å². The molecule has 1 aromatic heterocycles. The Hall–Kier alpha value is -1.62. The fourth-order valence-electron chi connectivity index (χ4n) is 2.70. The average molecular weight is 260 g/mol. The summed E-state index contributed by atoms with van der Waals surface area (Å²) in [5.74, 6) is 1.09. The normalized spacial score (nSPS) is 19.8. The van der Waals surface area contributed by atoms with Crippen molar-refractivity contribution in [3.05, 3.63) is 23.9 Å². The van der Waals surface area contributed by atoms with Crippen molar-refractivity contribution in [2.45, 2.75) is 12.8 Å². The van der Waals surface area contributed by atoms with Gasteiger partial charge in [0.05, 0.1) is 5.56 Å². The molecule has 0 atom stereocenters. The van der Waals surface area contributed by atoms with E-state index in [1.165, 1.54) is 12.8 Å². The first-order valence-electron chi connectivity index (χ1n) is 7.05. The topological polar surface area (TPSA) is 48.5 Å². The van der Waals surface area contributed by atoms with Gasteiger partial charge in [-0.15, -0.1) is 0 Å². The Balaban J connectivity index is 1.69. The summed E-state index contributed by atoms with van der Waals surface area (Å²) in [6.07, 6.45) is 4.20. The highest BCUT2D eigenvalue weighted by atomic mass is 16.2. The first-order chi connectivity index (χ1) is 9.34. The van der Waals surface area contributed by atoms with E-state index in [9.17, 15) is 4.79 Å². The molecule has 0 unspecified atom stereocenters. The molecular formula is C14H20N4O. The van der Waals surface area contributed by atoms with E-state index in [0.29, 0.717) is 5.56 Å². The van der Waals surface area contributed by atoms with Crippen molar-refractivity contribution in [1.29, 1.82) is 0 Å². The zero-order valence-corrected chi connectivity index (χ0v) is 11.1. The zero-order valence-electron chi connectivity index (χ0n) is 11.1. The Labute approximate surface area is 113 Å². The lowest BCUT2D eigenvalue weighted by Gasteiger charge is -2.27. The van der Waals surface area contributed by atoms with Crippen molar-refractivity contribution in [2.75, 3.05) is 44.2 Å². The van der Waals surface area contributed by atoms with Gasteiger partial charge in [-0.1, -0.05) is 0 Å². The van der Waals surface area contributed by atoms with Gasteiger partial charge in [0.1, 0.15) is 5.82 Å². The molecule has 5 nitrogen and oxygen atoms in total. The fraction of sp³-hybridized carbons (Fsp3) is 0.571. The molecule has 0 aliphatic carbocycles. The average Bonchev–Trinajstić information content (AvgIpc) is 3.02. The van der Waals surface area contributed by atoms with E-state index >= 15 is 0 Å². The van der Waals surface area contributed by atoms with Crippen LogP contribution in [0.4, 0.5) is 5.82 Å². The van der Waals surface area contributed by atoms with Crippen molar-refractivity contribution in [3.63, 3.8) is 0 Å². The molecule has 0 bridgehead atoms. The number of amides is 1. The van der Waals surface area contributed by atoms with Gasteiger partial charge in [0.25, 0.3) is 5.91 Å². The Kier molecular flexibility index (Phi) is 3.64. The predicted molar refractivity (Wildman–Crippen MR) is 74.5 cm³/mol. The van der Waals surface area contributed by atoms with E-state index in [4.69, 9.17) is 0 Å². The second-order valence-corrected chi connectivity index (χ2v) is 5.14. The summed E-state index contributed by atoms with van der Waals surface area (Å²) in [5, 5.41) is 3.25. The third kappa shape index (κ3) is 2.71. The highest BCUT2D eigenvalue weighted by Gasteiger charge is 2.19. The quantitative estimate of drug-likeness (QED) is 0.851. The van der Waals surface area contributed by atoms with E-state index in [1.54, 1.807) is 6.20 Å². The summed E-state index contributed by atoms with van der Waals surface area (Å²) in [5.41, 5.74) is 0.699. The third-order valence-corrected chi connectivity index (χ3v) is 3.83. The molecule has 3 rings (SSSR count). The minimum Gasteiger partial charge on any atom is -0.357 e. The number of hydrogen-bond donors (Lipinski definition) is 1. The van der Waals surface area contributed by atoms with E-state index in [2.05, 4.69) is 15.2 Å². The molecule has 0 aromatic carbocycles. The number of carbonyl (C=O) groups is 1. The molecule has 3 heterocycles. The summed E-state index contributed by atoms with van der Waals surface area (Å²) in [6, 6.07) is 3.88. The summed E-state index contributed by atoms with van der Waals surface area (Å²) in [4.78, 5) is 20.9. The number of hydrogen-bond acceptors (Lipinski definition) is 4. The lowest BCUT2D eigenvalue weighted by atomic mass is 10.2. The summed E-state index contributed by atoms with van der Waals surface area (Å²) < 4.78 is 0. The zero-order chi connectivity index (χ0) is 13.1. The molecule has 1 amide bonds. The van der Waals surface area contributed by atoms with Gasteiger partial charge < -0.3 is 15.1 Å². The minimum atomic E-state index is 0.0990. The van der Waals surface area contributed by atoms with Crippen LogP contribution in [0.5, 0.6) is 0 Å². The molecule has 1 aromatic rings. The molecule has 2 aliphatic rings. The van der Waals surface area contributed by atoms with Gasteiger partial charge in [-0.2, -0.15) is 0 Å². The highest BCUT2D eigenvalue weighted by Crippen LogP contribution is 2.18. The number of pyridine rings is 1. The number of aromatic nitrogens is 1. The lowest BCUT2D eigenvalue weighted by Crippen LogP contribution is -2.46. The first kappa shape index (κ1) is 12.4. The van der Waals surface area contributed by atoms with Crippen molar-refractivity contribution in [2.24, 2.45) is 0 Å². The number of piperazine rings is 1. The molecule has 19 heavy (non-hydrogen) atoms. The van der Waals surface area contributed by atoms with Crippen LogP contribution in [-0.2, 0) is 0 Å². The Morgan fingerprint density at radius 1 is 1.11 bits per heavy atom. The molecule has 1 N–H and O–H groups in total. The molecule has 2 fully saturated rings. The molecular weight excluding hydrogens is 240 g/mol. The SMILES string of the molecule is O=C(c1ccc(N2CCCC2)nc1)N1CCNCC1. The second kappa shape index (κ2) is 5.57. The number of rotatable bonds is 2. The highest BCUT2D eigenvalue weighted by molar-refractivity contribution is 5.94. The van der Waals surface area contributed by atoms with Gasteiger partial charge in [0.2, 0.25) is 0 Å². The van der Waals surface area contributed by atoms with Crippen LogP contribution >= 0.6 is 0 Å². The van der Waals surface area contributed by atoms with E-state index in [1.807, 2.05) is 17.0 Å². The Morgan fingerprint density at radius 3 is 2.47 bits per heavy atom. The summed E-state index contributed by atoms with van der Waals surface area (Å²) in [6.45, 7) is 5.49. The van der Waals surface area contributed by atoms with Crippen molar-refractivity contribution < 1.29 is 4.79 Å². The standard InChI is InChI=1S/C14H20N4O/c19-14(18-9-5-15-6-10-18)12-3-4-13(16-11-12)17-7-1-2-8-17/h3-4,11,15H,1-2,5-10H2. The smallest absolute Gasteiger partial charge is 0.255 e. The molecule has 0 spiro atoms. The minimum absolute atomic E-state index is 0.0990. The number of nitrogens with zero attached hydrogens (tertiary/aromatic N) is 3. The summed E-state index contributed by atoms with van der Waals surface area (Å²) in [7, 11) is 0. The number of carbonyl (C=O) groups excluding carboxylic acids is 1. The van der Waals surface area contributed by atoms with Crippen molar-refractivity contribution >= 4 is 11.7 Å². The van der Waals surface area contributed by atoms with Crippen LogP contribution in [0.3, 0.4) is 0 Å². The van der Waals surface area contributed by atoms with Crippen LogP contribution in [-0.4, -0.2) is 55.1 Å². The van der Waals surface area contributed by atoms with Crippen LogP contribution in [0.1, 0.15) is 23.2 Å². The van der Waals surface area contributed by atoms with Gasteiger partial charge in [-0.3, -0.25) is 4.79 Å². The van der Waals surface area contributed by atoms with Crippen LogP contribution in [0.15, 0.2) is 18.3 Å². The lowest BCUT2D eigenvalue weighted by molar-refractivity contribution is 0.0735. The van der Waals surface area contributed by atoms with Crippen LogP contribution in [0.25, 0.3) is 0 Å². The predicted octanol–water partition coefficient (Wildman–Crippen LogP) is 0.727. The number of nitrogens with one attached hydrogen (secondary N) is 1. The molecule has 0 radical (unpaired) electrons. The van der Waals surface area contributed by atoms with Gasteiger partial charge in [0, 0.05) is 45.5 Å². The summed E-state index contributed by atoms with van der Waals surface area (Å²) >= 11 is 0. The fourth-order valence-corrected chi connectivity index (χ4v) is 2.70. The van der Waals surface area contributed by atoms with Gasteiger partial charge >= 0.3 is 0 Å². The first-order valence-corrected chi connectivity index (χ1v) is 7.05. The molecule has 5 heteroatoms. The van der Waals surface area contributed by atoms with Crippen LogP contribution < -0.4 is 10.2 Å². The molecule has 2 aliphatic heterocycles. The molecule has 2 saturated heterocycles. The third-order valence-electron chi connectivity index (χ3n) is 3.83. The van der Waals surface area contributed by atoms with Gasteiger partial charge in [-0.05, 0) is 25.0 Å². The van der Waals surface area contributed by atoms with Crippen molar-refractivity contribution in [3.8, 4) is 0 Å². The number of anilines is 1. The largest absolute Gasteiger partial charge is 0.357 e. The van der Waals surface area contributed by atoms with E-state index < -0.39 is 0 Å². The molecule has 0 saturated carbocycles. The maximum Gasteiger partial charge on any atom is 0.255 e. The van der Waals surface area contributed by atoms with E-state index in [-0.39, 0.29) is 5.91 Å². The monoisotopic (exact) mass is 260 g/mol.